The fourth-order valence-electron chi connectivity index (χ4n) is 1.50. The van der Waals surface area contributed by atoms with Crippen molar-refractivity contribution in [3.8, 4) is 11.1 Å². The van der Waals surface area contributed by atoms with E-state index in [1.807, 2.05) is 0 Å². The molecule has 2 nitrogen and oxygen atoms in total. The molecule has 0 N–H and O–H groups in total. The Morgan fingerprint density at radius 3 is 2.76 bits per heavy atom. The third kappa shape index (κ3) is 2.50. The molecule has 2 rings (SSSR count). The van der Waals surface area contributed by atoms with Crippen LogP contribution in [0, 0.1) is 5.82 Å². The third-order valence-corrected chi connectivity index (χ3v) is 2.62. The molecular weight excluding hydrogens is 241 g/mol. The van der Waals surface area contributed by atoms with E-state index in [9.17, 15) is 9.18 Å². The Labute approximate surface area is 103 Å². The van der Waals surface area contributed by atoms with Gasteiger partial charge in [0.1, 0.15) is 5.82 Å². The van der Waals surface area contributed by atoms with Crippen LogP contribution in [0.3, 0.4) is 0 Å². The summed E-state index contributed by atoms with van der Waals surface area (Å²) in [5.74, 6) is -0.501. The molecule has 17 heavy (non-hydrogen) atoms. The summed E-state index contributed by atoms with van der Waals surface area (Å²) in [7, 11) is 0. The molecule has 0 aliphatic heterocycles. The summed E-state index contributed by atoms with van der Waals surface area (Å²) in [6, 6.07) is 5.88. The van der Waals surface area contributed by atoms with Crippen LogP contribution in [0.15, 0.2) is 36.7 Å². The molecule has 1 aromatic heterocycles. The van der Waals surface area contributed by atoms with E-state index >= 15 is 0 Å². The lowest BCUT2D eigenvalue weighted by molar-refractivity contribution is 0.101. The Hall–Kier alpha value is -1.74. The van der Waals surface area contributed by atoms with Crippen molar-refractivity contribution in [3.05, 3.63) is 53.1 Å². The highest BCUT2D eigenvalue weighted by atomic mass is 35.5. The summed E-state index contributed by atoms with van der Waals surface area (Å²) in [5, 5.41) is 0.439. The average molecular weight is 250 g/mol. The third-order valence-electron chi connectivity index (χ3n) is 2.38. The second-order valence-electron chi connectivity index (χ2n) is 3.64. The van der Waals surface area contributed by atoms with Gasteiger partial charge < -0.3 is 0 Å². The fraction of sp³-hybridized carbons (Fsp3) is 0.0769. The minimum absolute atomic E-state index is 0.109. The van der Waals surface area contributed by atoms with Gasteiger partial charge in [0.2, 0.25) is 0 Å². The van der Waals surface area contributed by atoms with E-state index < -0.39 is 5.82 Å². The normalized spacial score (nSPS) is 10.3. The first-order chi connectivity index (χ1) is 8.08. The molecule has 0 unspecified atom stereocenters. The molecule has 0 saturated heterocycles. The largest absolute Gasteiger partial charge is 0.294 e. The first kappa shape index (κ1) is 11.7. The van der Waals surface area contributed by atoms with E-state index in [0.29, 0.717) is 21.7 Å². The van der Waals surface area contributed by atoms with Crippen molar-refractivity contribution in [2.45, 2.75) is 6.92 Å². The Morgan fingerprint density at radius 2 is 2.06 bits per heavy atom. The van der Waals surface area contributed by atoms with E-state index in [1.165, 1.54) is 37.5 Å². The van der Waals surface area contributed by atoms with Gasteiger partial charge in [-0.25, -0.2) is 4.39 Å². The fourth-order valence-corrected chi connectivity index (χ4v) is 1.67. The summed E-state index contributed by atoms with van der Waals surface area (Å²) in [6.45, 7) is 1.44. The molecule has 2 aromatic rings. The molecule has 0 radical (unpaired) electrons. The lowest BCUT2D eigenvalue weighted by atomic mass is 10.0. The van der Waals surface area contributed by atoms with Crippen LogP contribution < -0.4 is 0 Å². The average Bonchev–Trinajstić information content (AvgIpc) is 2.32. The molecule has 0 saturated carbocycles. The number of aromatic nitrogens is 1. The summed E-state index contributed by atoms with van der Waals surface area (Å²) in [6.07, 6.45) is 2.95. The van der Waals surface area contributed by atoms with E-state index in [1.54, 1.807) is 6.07 Å². The van der Waals surface area contributed by atoms with E-state index in [2.05, 4.69) is 4.98 Å². The van der Waals surface area contributed by atoms with Gasteiger partial charge in [-0.05, 0) is 31.2 Å². The number of hydrogen-bond acceptors (Lipinski definition) is 2. The van der Waals surface area contributed by atoms with Crippen LogP contribution >= 0.6 is 11.6 Å². The standard InChI is InChI=1S/C13H9ClFNO/c1-8(17)9-4-10(7-16-6-9)12-5-11(14)2-3-13(12)15/h2-7H,1H3. The number of halogens is 2. The van der Waals surface area contributed by atoms with Crippen molar-refractivity contribution in [1.82, 2.24) is 4.98 Å². The first-order valence-corrected chi connectivity index (χ1v) is 5.37. The minimum atomic E-state index is -0.392. The maximum Gasteiger partial charge on any atom is 0.161 e. The van der Waals surface area contributed by atoms with Gasteiger partial charge in [-0.15, -0.1) is 0 Å². The number of pyridine rings is 1. The minimum Gasteiger partial charge on any atom is -0.294 e. The summed E-state index contributed by atoms with van der Waals surface area (Å²) < 4.78 is 13.6. The summed E-state index contributed by atoms with van der Waals surface area (Å²) in [4.78, 5) is 15.1. The second kappa shape index (κ2) is 4.63. The van der Waals surface area contributed by atoms with E-state index in [0.717, 1.165) is 0 Å². The zero-order valence-corrected chi connectivity index (χ0v) is 9.83. The zero-order chi connectivity index (χ0) is 12.4. The number of nitrogens with zero attached hydrogens (tertiary/aromatic N) is 1. The van der Waals surface area contributed by atoms with Crippen molar-refractivity contribution < 1.29 is 9.18 Å². The van der Waals surface area contributed by atoms with Crippen LogP contribution in [0.25, 0.3) is 11.1 Å². The maximum absolute atomic E-state index is 13.6. The lowest BCUT2D eigenvalue weighted by Crippen LogP contribution is -1.94. The van der Waals surface area contributed by atoms with Crippen LogP contribution in [0.1, 0.15) is 17.3 Å². The zero-order valence-electron chi connectivity index (χ0n) is 9.08. The van der Waals surface area contributed by atoms with Gasteiger partial charge >= 0.3 is 0 Å². The van der Waals surface area contributed by atoms with Crippen LogP contribution in [-0.4, -0.2) is 10.8 Å². The van der Waals surface area contributed by atoms with Gasteiger partial charge in [-0.2, -0.15) is 0 Å². The molecule has 0 aliphatic carbocycles. The highest BCUT2D eigenvalue weighted by Gasteiger charge is 2.08. The number of rotatable bonds is 2. The Balaban J connectivity index is 2.56. The first-order valence-electron chi connectivity index (χ1n) is 4.99. The number of ketones is 1. The molecule has 4 heteroatoms. The monoisotopic (exact) mass is 249 g/mol. The van der Waals surface area contributed by atoms with E-state index in [4.69, 9.17) is 11.6 Å². The topological polar surface area (TPSA) is 30.0 Å². The van der Waals surface area contributed by atoms with Gasteiger partial charge in [0.25, 0.3) is 0 Å². The molecule has 0 bridgehead atoms. The van der Waals surface area contributed by atoms with Crippen LogP contribution in [0.4, 0.5) is 4.39 Å². The van der Waals surface area contributed by atoms with Crippen LogP contribution in [0.5, 0.6) is 0 Å². The predicted octanol–water partition coefficient (Wildman–Crippen LogP) is 3.74. The van der Waals surface area contributed by atoms with Gasteiger partial charge in [0, 0.05) is 34.1 Å². The highest BCUT2D eigenvalue weighted by Crippen LogP contribution is 2.26. The highest BCUT2D eigenvalue weighted by molar-refractivity contribution is 6.30. The van der Waals surface area contributed by atoms with Crippen molar-refractivity contribution in [1.29, 1.82) is 0 Å². The molecule has 1 heterocycles. The van der Waals surface area contributed by atoms with Crippen molar-refractivity contribution in [2.24, 2.45) is 0 Å². The van der Waals surface area contributed by atoms with E-state index in [-0.39, 0.29) is 5.78 Å². The summed E-state index contributed by atoms with van der Waals surface area (Å²) >= 11 is 5.82. The second-order valence-corrected chi connectivity index (χ2v) is 4.08. The molecule has 86 valence electrons. The molecular formula is C13H9ClFNO. The molecule has 0 fully saturated rings. The Kier molecular flexibility index (Phi) is 3.20. The Bertz CT molecular complexity index is 583. The molecule has 0 spiro atoms. The predicted molar refractivity (Wildman–Crippen MR) is 64.6 cm³/mol. The SMILES string of the molecule is CC(=O)c1cncc(-c2cc(Cl)ccc2F)c1. The van der Waals surface area contributed by atoms with Crippen molar-refractivity contribution in [3.63, 3.8) is 0 Å². The van der Waals surface area contributed by atoms with Gasteiger partial charge in [-0.1, -0.05) is 11.6 Å². The lowest BCUT2D eigenvalue weighted by Gasteiger charge is -2.05. The smallest absolute Gasteiger partial charge is 0.161 e. The van der Waals surface area contributed by atoms with Gasteiger partial charge in [-0.3, -0.25) is 9.78 Å². The number of carbonyl (C=O) groups is 1. The molecule has 0 aliphatic rings. The van der Waals surface area contributed by atoms with Crippen LogP contribution in [-0.2, 0) is 0 Å². The number of hydrogen-bond donors (Lipinski definition) is 0. The van der Waals surface area contributed by atoms with Crippen molar-refractivity contribution >= 4 is 17.4 Å². The molecule has 1 aromatic carbocycles. The van der Waals surface area contributed by atoms with Crippen LogP contribution in [0.2, 0.25) is 5.02 Å². The maximum atomic E-state index is 13.6. The number of carbonyl (C=O) groups excluding carboxylic acids is 1. The molecule has 0 atom stereocenters. The van der Waals surface area contributed by atoms with Crippen molar-refractivity contribution in [2.75, 3.05) is 0 Å². The van der Waals surface area contributed by atoms with Gasteiger partial charge in [0.15, 0.2) is 5.78 Å². The molecule has 0 amide bonds. The Morgan fingerprint density at radius 1 is 1.29 bits per heavy atom. The number of benzene rings is 1. The summed E-state index contributed by atoms with van der Waals surface area (Å²) in [5.41, 5.74) is 1.33. The van der Waals surface area contributed by atoms with Gasteiger partial charge in [0.05, 0.1) is 0 Å². The quantitative estimate of drug-likeness (QED) is 0.759. The number of Topliss-reactive ketones (excluding diaryl/α,β-unsaturated/α-hetero) is 1.